The second-order valence-corrected chi connectivity index (χ2v) is 14.1. The number of benzene rings is 2. The molecule has 2 aromatic carbocycles. The second kappa shape index (κ2) is 10.4. The normalized spacial score (nSPS) is 22.9. The quantitative estimate of drug-likeness (QED) is 0.336. The fourth-order valence-electron chi connectivity index (χ4n) is 5.58. The molecule has 4 atom stereocenters. The lowest BCUT2D eigenvalue weighted by Gasteiger charge is -2.30. The lowest BCUT2D eigenvalue weighted by atomic mass is 9.95. The number of ether oxygens (including phenoxy) is 1. The predicted molar refractivity (Wildman–Crippen MR) is 138 cm³/mol. The Kier molecular flexibility index (Phi) is 7.57. The van der Waals surface area contributed by atoms with Crippen LogP contribution in [0.3, 0.4) is 0 Å². The van der Waals surface area contributed by atoms with Gasteiger partial charge in [-0.3, -0.25) is 4.79 Å². The summed E-state index contributed by atoms with van der Waals surface area (Å²) in [6.45, 7) is 6.17. The molecule has 182 valence electrons. The number of anilines is 1. The molecule has 0 aliphatic carbocycles. The zero-order valence-corrected chi connectivity index (χ0v) is 21.3. The van der Waals surface area contributed by atoms with Gasteiger partial charge in [-0.1, -0.05) is 37.3 Å². The minimum Gasteiger partial charge on any atom is -0.432 e. The number of hydrogen-bond donors (Lipinski definition) is 4. The molecule has 7 heteroatoms. The van der Waals surface area contributed by atoms with E-state index in [2.05, 4.69) is 23.3 Å². The first-order valence-corrected chi connectivity index (χ1v) is 15.2. The van der Waals surface area contributed by atoms with Crippen molar-refractivity contribution in [3.8, 4) is 0 Å². The SMILES string of the molecule is C[C@@H]1[C@@H]([Si](C)(C)O)[C@H](CCO)O[C@@H]1CCc1cccc(NC(=O)Cc2c[nH]c3ccccc23)c1. The van der Waals surface area contributed by atoms with Crippen molar-refractivity contribution in [2.45, 2.75) is 63.5 Å². The van der Waals surface area contributed by atoms with Gasteiger partial charge in [0.2, 0.25) is 5.91 Å². The molecule has 34 heavy (non-hydrogen) atoms. The third-order valence-electron chi connectivity index (χ3n) is 7.09. The number of carbonyl (C=O) groups excluding carboxylic acids is 1. The molecule has 2 heterocycles. The van der Waals surface area contributed by atoms with Crippen molar-refractivity contribution in [1.82, 2.24) is 4.98 Å². The van der Waals surface area contributed by atoms with Crippen molar-refractivity contribution >= 4 is 30.8 Å². The number of nitrogens with one attached hydrogen (secondary N) is 2. The molecule has 1 aromatic heterocycles. The lowest BCUT2D eigenvalue weighted by Crippen LogP contribution is -2.40. The van der Waals surface area contributed by atoms with Gasteiger partial charge in [-0.15, -0.1) is 0 Å². The summed E-state index contributed by atoms with van der Waals surface area (Å²) in [5.41, 5.74) is 4.08. The molecule has 6 nitrogen and oxygen atoms in total. The van der Waals surface area contributed by atoms with Crippen molar-refractivity contribution < 1.29 is 19.4 Å². The van der Waals surface area contributed by atoms with Crippen LogP contribution in [0.5, 0.6) is 0 Å². The van der Waals surface area contributed by atoms with Gasteiger partial charge in [-0.05, 0) is 67.6 Å². The average molecular weight is 481 g/mol. The van der Waals surface area contributed by atoms with Crippen molar-refractivity contribution in [1.29, 1.82) is 0 Å². The van der Waals surface area contributed by atoms with Gasteiger partial charge in [0.05, 0.1) is 18.6 Å². The van der Waals surface area contributed by atoms with Gasteiger partial charge >= 0.3 is 0 Å². The van der Waals surface area contributed by atoms with Crippen LogP contribution < -0.4 is 5.32 Å². The Bertz CT molecular complexity index is 1120. The molecule has 3 aromatic rings. The predicted octanol–water partition coefficient (Wildman–Crippen LogP) is 4.64. The van der Waals surface area contributed by atoms with E-state index in [0.717, 1.165) is 40.6 Å². The lowest BCUT2D eigenvalue weighted by molar-refractivity contribution is -0.115. The Labute approximate surface area is 202 Å². The highest BCUT2D eigenvalue weighted by atomic mass is 28.4. The van der Waals surface area contributed by atoms with E-state index in [9.17, 15) is 14.7 Å². The Morgan fingerprint density at radius 2 is 1.91 bits per heavy atom. The summed E-state index contributed by atoms with van der Waals surface area (Å²) in [6.07, 6.45) is 4.44. The monoisotopic (exact) mass is 480 g/mol. The largest absolute Gasteiger partial charge is 0.432 e. The van der Waals surface area contributed by atoms with Crippen molar-refractivity contribution in [2.24, 2.45) is 5.92 Å². The number of aliphatic hydroxyl groups excluding tert-OH is 1. The van der Waals surface area contributed by atoms with E-state index in [1.165, 1.54) is 0 Å². The highest BCUT2D eigenvalue weighted by molar-refractivity contribution is 6.71. The number of aromatic nitrogens is 1. The number of carbonyl (C=O) groups is 1. The highest BCUT2D eigenvalue weighted by Gasteiger charge is 2.49. The number of fused-ring (bicyclic) bond motifs is 1. The van der Waals surface area contributed by atoms with Crippen LogP contribution in [0.2, 0.25) is 18.6 Å². The van der Waals surface area contributed by atoms with Crippen LogP contribution in [0.1, 0.15) is 30.9 Å². The molecule has 0 radical (unpaired) electrons. The Morgan fingerprint density at radius 3 is 2.68 bits per heavy atom. The summed E-state index contributed by atoms with van der Waals surface area (Å²) in [6, 6.07) is 16.0. The summed E-state index contributed by atoms with van der Waals surface area (Å²) in [4.78, 5) is 26.7. The van der Waals surface area contributed by atoms with Gasteiger partial charge in [-0.25, -0.2) is 0 Å². The van der Waals surface area contributed by atoms with Crippen molar-refractivity contribution in [2.75, 3.05) is 11.9 Å². The molecule has 0 spiro atoms. The third kappa shape index (κ3) is 5.60. The standard InChI is InChI=1S/C27H36N2O4Si/c1-18-24(33-25(13-14-30)27(18)34(2,3)32)12-11-19-7-6-8-21(15-19)29-26(31)16-20-17-28-23-10-5-4-9-22(20)23/h4-10,15,17-18,24-25,27-28,30,32H,11-14,16H2,1-3H3,(H,29,31)/t18-,24+,25-,27+/m0/s1. The van der Waals surface area contributed by atoms with Crippen molar-refractivity contribution in [3.05, 3.63) is 65.9 Å². The molecule has 1 fully saturated rings. The molecule has 1 amide bonds. The summed E-state index contributed by atoms with van der Waals surface area (Å²) < 4.78 is 6.31. The summed E-state index contributed by atoms with van der Waals surface area (Å²) in [5, 5.41) is 13.6. The molecule has 1 aliphatic rings. The van der Waals surface area contributed by atoms with Crippen LogP contribution in [0.4, 0.5) is 5.69 Å². The Balaban J connectivity index is 1.36. The zero-order chi connectivity index (χ0) is 24.3. The van der Waals surface area contributed by atoms with Gasteiger partial charge in [0.1, 0.15) is 0 Å². The van der Waals surface area contributed by atoms with Crippen LogP contribution >= 0.6 is 0 Å². The molecule has 0 saturated carbocycles. The highest BCUT2D eigenvalue weighted by Crippen LogP contribution is 2.45. The average Bonchev–Trinajstić information content (AvgIpc) is 3.33. The molecule has 1 aliphatic heterocycles. The van der Waals surface area contributed by atoms with Crippen LogP contribution in [0, 0.1) is 5.92 Å². The van der Waals surface area contributed by atoms with Crippen LogP contribution in [-0.2, 0) is 22.4 Å². The fraction of sp³-hybridized carbons (Fsp3) is 0.444. The van der Waals surface area contributed by atoms with E-state index in [1.54, 1.807) is 0 Å². The summed E-state index contributed by atoms with van der Waals surface area (Å²) in [7, 11) is -2.40. The number of amides is 1. The number of para-hydroxylation sites is 1. The minimum atomic E-state index is -2.40. The van der Waals surface area contributed by atoms with Crippen LogP contribution in [-0.4, -0.2) is 47.9 Å². The van der Waals surface area contributed by atoms with Crippen molar-refractivity contribution in [3.63, 3.8) is 0 Å². The molecule has 0 unspecified atom stereocenters. The summed E-state index contributed by atoms with van der Waals surface area (Å²) >= 11 is 0. The molecule has 1 saturated heterocycles. The van der Waals surface area contributed by atoms with Gasteiger partial charge in [-0.2, -0.15) is 0 Å². The van der Waals surface area contributed by atoms with Crippen LogP contribution in [0.25, 0.3) is 10.9 Å². The third-order valence-corrected chi connectivity index (χ3v) is 9.62. The first-order valence-electron chi connectivity index (χ1n) is 12.2. The van der Waals surface area contributed by atoms with Gasteiger partial charge in [0.25, 0.3) is 0 Å². The topological polar surface area (TPSA) is 94.6 Å². The maximum Gasteiger partial charge on any atom is 0.228 e. The number of hydrogen-bond acceptors (Lipinski definition) is 4. The Morgan fingerprint density at radius 1 is 1.12 bits per heavy atom. The number of H-pyrrole nitrogens is 1. The smallest absolute Gasteiger partial charge is 0.228 e. The number of rotatable bonds is 9. The van der Waals surface area contributed by atoms with E-state index in [4.69, 9.17) is 4.74 Å². The molecule has 4 N–H and O–H groups in total. The first kappa shape index (κ1) is 24.7. The molecular formula is C27H36N2O4Si. The summed E-state index contributed by atoms with van der Waals surface area (Å²) in [5.74, 6) is 0.210. The van der Waals surface area contributed by atoms with Gasteiger partial charge < -0.3 is 24.9 Å². The van der Waals surface area contributed by atoms with Gasteiger partial charge in [0, 0.05) is 34.9 Å². The van der Waals surface area contributed by atoms with Crippen LogP contribution in [0.15, 0.2) is 54.7 Å². The number of aryl methyl sites for hydroxylation is 1. The van der Waals surface area contributed by atoms with E-state index in [0.29, 0.717) is 12.8 Å². The van der Waals surface area contributed by atoms with E-state index in [-0.39, 0.29) is 36.2 Å². The Hall–Kier alpha value is -2.45. The van der Waals surface area contributed by atoms with E-state index < -0.39 is 8.32 Å². The fourth-order valence-corrected chi connectivity index (χ4v) is 8.23. The zero-order valence-electron chi connectivity index (χ0n) is 20.3. The van der Waals surface area contributed by atoms with Gasteiger partial charge in [0.15, 0.2) is 8.32 Å². The van der Waals surface area contributed by atoms with E-state index in [1.807, 2.05) is 61.8 Å². The number of aliphatic hydroxyl groups is 1. The first-order chi connectivity index (χ1) is 16.3. The van der Waals surface area contributed by atoms with E-state index >= 15 is 0 Å². The molecule has 0 bridgehead atoms. The second-order valence-electron chi connectivity index (χ2n) is 10.1. The maximum absolute atomic E-state index is 12.7. The minimum absolute atomic E-state index is 0.0422. The number of aromatic amines is 1. The maximum atomic E-state index is 12.7. The molecule has 4 rings (SSSR count). The molecular weight excluding hydrogens is 444 g/mol.